The Bertz CT molecular complexity index is 213. The van der Waals surface area contributed by atoms with E-state index < -0.39 is 0 Å². The van der Waals surface area contributed by atoms with Crippen LogP contribution in [0, 0.1) is 5.41 Å². The number of carbonyl (C=O) groups is 1. The van der Waals surface area contributed by atoms with E-state index in [1.807, 2.05) is 11.8 Å². The summed E-state index contributed by atoms with van der Waals surface area (Å²) in [5.74, 6) is 0.201. The van der Waals surface area contributed by atoms with Gasteiger partial charge in [0.1, 0.15) is 0 Å². The number of rotatable bonds is 1. The van der Waals surface area contributed by atoms with Crippen LogP contribution in [0.5, 0.6) is 0 Å². The first-order valence-electron chi connectivity index (χ1n) is 5.40. The molecule has 0 aromatic rings. The number of hydrogen-bond acceptors (Lipinski definition) is 2. The molecule has 82 valence electrons. The molecule has 0 aromatic carbocycles. The Morgan fingerprint density at radius 1 is 1.57 bits per heavy atom. The highest BCUT2D eigenvalue weighted by molar-refractivity contribution is 5.75. The van der Waals surface area contributed by atoms with E-state index in [1.165, 1.54) is 0 Å². The van der Waals surface area contributed by atoms with E-state index in [0.29, 0.717) is 13.0 Å². The summed E-state index contributed by atoms with van der Waals surface area (Å²) < 4.78 is 0. The maximum Gasteiger partial charge on any atom is 0.222 e. The summed E-state index contributed by atoms with van der Waals surface area (Å²) in [5.41, 5.74) is 0.0424. The summed E-state index contributed by atoms with van der Waals surface area (Å²) in [6.45, 7) is 7.58. The first kappa shape index (κ1) is 11.5. The van der Waals surface area contributed by atoms with E-state index in [1.54, 1.807) is 0 Å². The van der Waals surface area contributed by atoms with Crippen LogP contribution in [0.1, 0.15) is 40.0 Å². The van der Waals surface area contributed by atoms with Gasteiger partial charge in [0.25, 0.3) is 0 Å². The maximum atomic E-state index is 11.6. The standard InChI is InChI=1S/C11H21NO2/c1-4-10(14)12-6-5-9(13)7-11(2,3)8-12/h9,13H,4-8H2,1-3H3. The molecule has 1 atom stereocenters. The van der Waals surface area contributed by atoms with Crippen molar-refractivity contribution in [2.24, 2.45) is 5.41 Å². The van der Waals surface area contributed by atoms with Crippen molar-refractivity contribution in [3.63, 3.8) is 0 Å². The molecule has 1 saturated heterocycles. The lowest BCUT2D eigenvalue weighted by Gasteiger charge is -2.29. The van der Waals surface area contributed by atoms with Crippen molar-refractivity contribution in [3.05, 3.63) is 0 Å². The van der Waals surface area contributed by atoms with E-state index >= 15 is 0 Å². The van der Waals surface area contributed by atoms with Crippen LogP contribution in [-0.2, 0) is 4.79 Å². The van der Waals surface area contributed by atoms with Crippen LogP contribution in [0.2, 0.25) is 0 Å². The molecular formula is C11H21NO2. The molecule has 3 nitrogen and oxygen atoms in total. The summed E-state index contributed by atoms with van der Waals surface area (Å²) in [6.07, 6.45) is 1.82. The number of likely N-dealkylation sites (tertiary alicyclic amines) is 1. The highest BCUT2D eigenvalue weighted by Crippen LogP contribution is 2.28. The van der Waals surface area contributed by atoms with Crippen LogP contribution in [0.3, 0.4) is 0 Å². The molecule has 0 aromatic heterocycles. The Hall–Kier alpha value is -0.570. The third-order valence-electron chi connectivity index (χ3n) is 2.79. The van der Waals surface area contributed by atoms with Gasteiger partial charge in [-0.1, -0.05) is 20.8 Å². The van der Waals surface area contributed by atoms with Gasteiger partial charge in [-0.2, -0.15) is 0 Å². The summed E-state index contributed by atoms with van der Waals surface area (Å²) in [7, 11) is 0. The Labute approximate surface area is 86.1 Å². The fourth-order valence-electron chi connectivity index (χ4n) is 2.14. The van der Waals surface area contributed by atoms with Gasteiger partial charge in [0.15, 0.2) is 0 Å². The molecule has 1 aliphatic heterocycles. The van der Waals surface area contributed by atoms with Crippen molar-refractivity contribution in [3.8, 4) is 0 Å². The van der Waals surface area contributed by atoms with Gasteiger partial charge in [-0.15, -0.1) is 0 Å². The zero-order chi connectivity index (χ0) is 10.8. The predicted octanol–water partition coefficient (Wildman–Crippen LogP) is 1.41. The van der Waals surface area contributed by atoms with Gasteiger partial charge in [0, 0.05) is 19.5 Å². The molecule has 0 saturated carbocycles. The zero-order valence-corrected chi connectivity index (χ0v) is 9.42. The number of aliphatic hydroxyl groups excluding tert-OH is 1. The molecule has 0 aliphatic carbocycles. The average molecular weight is 199 g/mol. The van der Waals surface area contributed by atoms with Crippen LogP contribution in [-0.4, -0.2) is 35.1 Å². The number of carbonyl (C=O) groups excluding carboxylic acids is 1. The molecule has 3 heteroatoms. The molecule has 1 amide bonds. The second-order valence-corrected chi connectivity index (χ2v) is 4.98. The van der Waals surface area contributed by atoms with Gasteiger partial charge in [-0.05, 0) is 18.3 Å². The molecule has 1 heterocycles. The minimum Gasteiger partial charge on any atom is -0.393 e. The number of hydrogen-bond donors (Lipinski definition) is 1. The van der Waals surface area contributed by atoms with Crippen molar-refractivity contribution >= 4 is 5.91 Å². The highest BCUT2D eigenvalue weighted by atomic mass is 16.3. The van der Waals surface area contributed by atoms with Crippen LogP contribution >= 0.6 is 0 Å². The Morgan fingerprint density at radius 3 is 2.79 bits per heavy atom. The van der Waals surface area contributed by atoms with Crippen molar-refractivity contribution in [1.29, 1.82) is 0 Å². The molecular weight excluding hydrogens is 178 g/mol. The Morgan fingerprint density at radius 2 is 2.21 bits per heavy atom. The average Bonchev–Trinajstić information content (AvgIpc) is 2.22. The third kappa shape index (κ3) is 2.98. The molecule has 1 unspecified atom stereocenters. The largest absolute Gasteiger partial charge is 0.393 e. The summed E-state index contributed by atoms with van der Waals surface area (Å²) in [5, 5.41) is 9.66. The number of aliphatic hydroxyl groups is 1. The van der Waals surface area contributed by atoms with E-state index in [4.69, 9.17) is 0 Å². The fourth-order valence-corrected chi connectivity index (χ4v) is 2.14. The zero-order valence-electron chi connectivity index (χ0n) is 9.42. The summed E-state index contributed by atoms with van der Waals surface area (Å²) in [6, 6.07) is 0. The first-order valence-corrected chi connectivity index (χ1v) is 5.40. The minimum atomic E-state index is -0.250. The molecule has 1 N–H and O–H groups in total. The second-order valence-electron chi connectivity index (χ2n) is 4.98. The van der Waals surface area contributed by atoms with Gasteiger partial charge in [-0.3, -0.25) is 4.79 Å². The molecule has 14 heavy (non-hydrogen) atoms. The van der Waals surface area contributed by atoms with Crippen LogP contribution in [0.25, 0.3) is 0 Å². The maximum absolute atomic E-state index is 11.6. The van der Waals surface area contributed by atoms with Crippen molar-refractivity contribution in [2.45, 2.75) is 46.1 Å². The monoisotopic (exact) mass is 199 g/mol. The highest BCUT2D eigenvalue weighted by Gasteiger charge is 2.30. The normalized spacial score (nSPS) is 27.1. The lowest BCUT2D eigenvalue weighted by atomic mass is 9.87. The number of nitrogens with zero attached hydrogens (tertiary/aromatic N) is 1. The topological polar surface area (TPSA) is 40.5 Å². The smallest absolute Gasteiger partial charge is 0.222 e. The Balaban J connectivity index is 2.67. The van der Waals surface area contributed by atoms with Crippen LogP contribution in [0.15, 0.2) is 0 Å². The van der Waals surface area contributed by atoms with Crippen LogP contribution in [0.4, 0.5) is 0 Å². The molecule has 0 bridgehead atoms. The minimum absolute atomic E-state index is 0.0424. The first-order chi connectivity index (χ1) is 6.44. The van der Waals surface area contributed by atoms with Gasteiger partial charge in [0.05, 0.1) is 6.10 Å². The second kappa shape index (κ2) is 4.30. The van der Waals surface area contributed by atoms with Crippen LogP contribution < -0.4 is 0 Å². The van der Waals surface area contributed by atoms with E-state index in [9.17, 15) is 9.90 Å². The predicted molar refractivity (Wildman–Crippen MR) is 55.9 cm³/mol. The third-order valence-corrected chi connectivity index (χ3v) is 2.79. The van der Waals surface area contributed by atoms with Crippen molar-refractivity contribution in [1.82, 2.24) is 4.90 Å². The molecule has 1 fully saturated rings. The van der Waals surface area contributed by atoms with Gasteiger partial charge < -0.3 is 10.0 Å². The van der Waals surface area contributed by atoms with Crippen molar-refractivity contribution < 1.29 is 9.90 Å². The molecule has 0 radical (unpaired) electrons. The summed E-state index contributed by atoms with van der Waals surface area (Å²) >= 11 is 0. The fraction of sp³-hybridized carbons (Fsp3) is 0.909. The quantitative estimate of drug-likeness (QED) is 0.693. The molecule has 0 spiro atoms. The van der Waals surface area contributed by atoms with Gasteiger partial charge >= 0.3 is 0 Å². The van der Waals surface area contributed by atoms with Crippen molar-refractivity contribution in [2.75, 3.05) is 13.1 Å². The Kier molecular flexibility index (Phi) is 3.53. The lowest BCUT2D eigenvalue weighted by Crippen LogP contribution is -2.37. The lowest BCUT2D eigenvalue weighted by molar-refractivity contribution is -0.131. The SMILES string of the molecule is CCC(=O)N1CCC(O)CC(C)(C)C1. The van der Waals surface area contributed by atoms with Gasteiger partial charge in [-0.25, -0.2) is 0 Å². The molecule has 1 aliphatic rings. The van der Waals surface area contributed by atoms with E-state index in [2.05, 4.69) is 13.8 Å². The van der Waals surface area contributed by atoms with E-state index in [-0.39, 0.29) is 17.4 Å². The summed E-state index contributed by atoms with van der Waals surface area (Å²) in [4.78, 5) is 13.4. The molecule has 1 rings (SSSR count). The number of amides is 1. The van der Waals surface area contributed by atoms with Gasteiger partial charge in [0.2, 0.25) is 5.91 Å². The van der Waals surface area contributed by atoms with E-state index in [0.717, 1.165) is 19.4 Å².